The molecule has 166 valence electrons. The molecule has 1 aromatic carbocycles. The molecule has 31 heavy (non-hydrogen) atoms. The molecule has 0 amide bonds. The van der Waals surface area contributed by atoms with Gasteiger partial charge in [-0.3, -0.25) is 4.90 Å². The Morgan fingerprint density at radius 2 is 1.68 bits per heavy atom. The van der Waals surface area contributed by atoms with Crippen molar-refractivity contribution in [3.8, 4) is 0 Å². The van der Waals surface area contributed by atoms with Crippen molar-refractivity contribution >= 4 is 23.5 Å². The number of nitrogens with zero attached hydrogens (tertiary/aromatic N) is 6. The number of anilines is 2. The molecule has 1 N–H and O–H groups in total. The average Bonchev–Trinajstić information content (AvgIpc) is 2.83. The van der Waals surface area contributed by atoms with Gasteiger partial charge in [0, 0.05) is 52.0 Å². The highest BCUT2D eigenvalue weighted by atomic mass is 35.5. The maximum absolute atomic E-state index is 10.0. The van der Waals surface area contributed by atoms with Crippen molar-refractivity contribution in [1.29, 1.82) is 0 Å². The average molecular weight is 445 g/mol. The molecule has 0 bridgehead atoms. The Morgan fingerprint density at radius 3 is 2.42 bits per heavy atom. The van der Waals surface area contributed by atoms with E-state index in [0.717, 1.165) is 58.7 Å². The van der Waals surface area contributed by atoms with Crippen molar-refractivity contribution in [3.63, 3.8) is 0 Å². The molecule has 3 aliphatic heterocycles. The van der Waals surface area contributed by atoms with E-state index in [-0.39, 0.29) is 17.9 Å². The van der Waals surface area contributed by atoms with E-state index < -0.39 is 0 Å². The van der Waals surface area contributed by atoms with Gasteiger partial charge in [-0.05, 0) is 42.0 Å². The van der Waals surface area contributed by atoms with E-state index in [4.69, 9.17) is 21.3 Å². The zero-order valence-corrected chi connectivity index (χ0v) is 18.4. The molecule has 4 heterocycles. The van der Waals surface area contributed by atoms with Crippen LogP contribution in [0.2, 0.25) is 5.28 Å². The lowest BCUT2D eigenvalue weighted by Gasteiger charge is -2.41. The zero-order chi connectivity index (χ0) is 21.2. The van der Waals surface area contributed by atoms with E-state index in [1.807, 2.05) is 12.1 Å². The lowest BCUT2D eigenvalue weighted by molar-refractivity contribution is 0.0320. The smallest absolute Gasteiger partial charge is 0.232 e. The zero-order valence-electron chi connectivity index (χ0n) is 17.7. The molecule has 1 atom stereocenters. The molecule has 9 heteroatoms. The molecule has 2 fully saturated rings. The lowest BCUT2D eigenvalue weighted by atomic mass is 9.94. The Hall–Kier alpha value is -2.00. The maximum Gasteiger partial charge on any atom is 0.232 e. The van der Waals surface area contributed by atoms with Gasteiger partial charge in [-0.15, -0.1) is 0 Å². The monoisotopic (exact) mass is 444 g/mol. The minimum absolute atomic E-state index is 0.0384. The molecule has 0 aliphatic carbocycles. The number of halogens is 1. The van der Waals surface area contributed by atoms with Crippen molar-refractivity contribution in [2.45, 2.75) is 37.9 Å². The highest BCUT2D eigenvalue weighted by molar-refractivity contribution is 6.28. The second-order valence-electron chi connectivity index (χ2n) is 8.51. The fraction of sp³-hybridized carbons (Fsp3) is 0.591. The first kappa shape index (κ1) is 20.9. The van der Waals surface area contributed by atoms with Gasteiger partial charge in [-0.25, -0.2) is 0 Å². The number of rotatable bonds is 4. The number of ether oxygens (including phenoxy) is 1. The number of hydrogen-bond acceptors (Lipinski definition) is 8. The SMILES string of the molecule is OCC1Cc2ccccc2CN1c1nc(Cl)nc(N2CCN(C3CCOCC3)CC2)n1. The van der Waals surface area contributed by atoms with Gasteiger partial charge in [-0.2, -0.15) is 15.0 Å². The van der Waals surface area contributed by atoms with Gasteiger partial charge in [0.15, 0.2) is 0 Å². The largest absolute Gasteiger partial charge is 0.394 e. The predicted molar refractivity (Wildman–Crippen MR) is 120 cm³/mol. The van der Waals surface area contributed by atoms with Crippen LogP contribution in [0.5, 0.6) is 0 Å². The van der Waals surface area contributed by atoms with Crippen molar-refractivity contribution < 1.29 is 9.84 Å². The number of aliphatic hydroxyl groups excluding tert-OH is 1. The molecular formula is C22H29ClN6O2. The molecule has 1 aromatic heterocycles. The Kier molecular flexibility index (Phi) is 6.22. The minimum Gasteiger partial charge on any atom is -0.394 e. The third-order valence-corrected chi connectivity index (χ3v) is 6.88. The lowest BCUT2D eigenvalue weighted by Crippen LogP contribution is -2.52. The number of hydrogen-bond donors (Lipinski definition) is 1. The van der Waals surface area contributed by atoms with Gasteiger partial charge in [-0.1, -0.05) is 24.3 Å². The Morgan fingerprint density at radius 1 is 0.968 bits per heavy atom. The number of aromatic nitrogens is 3. The third kappa shape index (κ3) is 4.48. The van der Waals surface area contributed by atoms with Crippen LogP contribution in [0.25, 0.3) is 0 Å². The summed E-state index contributed by atoms with van der Waals surface area (Å²) in [5.41, 5.74) is 2.50. The van der Waals surface area contributed by atoms with Crippen LogP contribution in [-0.4, -0.2) is 83.0 Å². The Bertz CT molecular complexity index is 901. The van der Waals surface area contributed by atoms with Crippen LogP contribution >= 0.6 is 11.6 Å². The molecule has 2 saturated heterocycles. The van der Waals surface area contributed by atoms with Crippen molar-refractivity contribution in [2.75, 3.05) is 55.8 Å². The van der Waals surface area contributed by atoms with Gasteiger partial charge in [0.05, 0.1) is 12.6 Å². The first-order valence-electron chi connectivity index (χ1n) is 11.1. The van der Waals surface area contributed by atoms with Crippen molar-refractivity contribution in [1.82, 2.24) is 19.9 Å². The molecule has 0 radical (unpaired) electrons. The van der Waals surface area contributed by atoms with Gasteiger partial charge in [0.1, 0.15) is 0 Å². The predicted octanol–water partition coefficient (Wildman–Crippen LogP) is 1.75. The van der Waals surface area contributed by atoms with Crippen LogP contribution in [0.1, 0.15) is 24.0 Å². The van der Waals surface area contributed by atoms with Gasteiger partial charge in [0.25, 0.3) is 0 Å². The van der Waals surface area contributed by atoms with E-state index in [2.05, 4.69) is 36.8 Å². The topological polar surface area (TPSA) is 77.9 Å². The second-order valence-corrected chi connectivity index (χ2v) is 8.85. The van der Waals surface area contributed by atoms with Gasteiger partial charge in [0.2, 0.25) is 17.2 Å². The summed E-state index contributed by atoms with van der Waals surface area (Å²) in [5.74, 6) is 1.16. The summed E-state index contributed by atoms with van der Waals surface area (Å²) in [7, 11) is 0. The van der Waals surface area contributed by atoms with Gasteiger partial charge < -0.3 is 19.6 Å². The molecule has 2 aromatic rings. The Balaban J connectivity index is 1.33. The van der Waals surface area contributed by atoms with Crippen LogP contribution in [0.15, 0.2) is 24.3 Å². The molecule has 3 aliphatic rings. The minimum atomic E-state index is -0.0772. The summed E-state index contributed by atoms with van der Waals surface area (Å²) < 4.78 is 5.50. The van der Waals surface area contributed by atoms with E-state index in [1.54, 1.807) is 0 Å². The van der Waals surface area contributed by atoms with Gasteiger partial charge >= 0.3 is 0 Å². The maximum atomic E-state index is 10.0. The number of piperazine rings is 1. The molecule has 5 rings (SSSR count). The van der Waals surface area contributed by atoms with Crippen molar-refractivity contribution in [3.05, 3.63) is 40.7 Å². The fourth-order valence-corrected chi connectivity index (χ4v) is 5.07. The summed E-state index contributed by atoms with van der Waals surface area (Å²) in [4.78, 5) is 20.4. The van der Waals surface area contributed by atoms with E-state index in [9.17, 15) is 5.11 Å². The molecule has 0 saturated carbocycles. The number of benzene rings is 1. The molecule has 8 nitrogen and oxygen atoms in total. The highest BCUT2D eigenvalue weighted by Crippen LogP contribution is 2.28. The Labute approximate surface area is 187 Å². The third-order valence-electron chi connectivity index (χ3n) is 6.71. The van der Waals surface area contributed by atoms with Crippen LogP contribution in [0.3, 0.4) is 0 Å². The normalized spacial score (nSPS) is 23.1. The summed E-state index contributed by atoms with van der Waals surface area (Å²) in [6.45, 7) is 6.12. The summed E-state index contributed by atoms with van der Waals surface area (Å²) >= 11 is 6.33. The fourth-order valence-electron chi connectivity index (χ4n) is 4.92. The first-order valence-corrected chi connectivity index (χ1v) is 11.5. The summed E-state index contributed by atoms with van der Waals surface area (Å²) in [6.07, 6.45) is 2.98. The van der Waals surface area contributed by atoms with Crippen LogP contribution < -0.4 is 9.80 Å². The van der Waals surface area contributed by atoms with Crippen LogP contribution in [0.4, 0.5) is 11.9 Å². The second kappa shape index (κ2) is 9.24. The van der Waals surface area contributed by atoms with Crippen LogP contribution in [0, 0.1) is 0 Å². The van der Waals surface area contributed by atoms with E-state index >= 15 is 0 Å². The van der Waals surface area contributed by atoms with Crippen LogP contribution in [-0.2, 0) is 17.7 Å². The highest BCUT2D eigenvalue weighted by Gasteiger charge is 2.30. The molecule has 1 unspecified atom stereocenters. The molecule has 0 spiro atoms. The summed E-state index contributed by atoms with van der Waals surface area (Å²) in [6, 6.07) is 8.87. The molecular weight excluding hydrogens is 416 g/mol. The number of aliphatic hydroxyl groups is 1. The number of fused-ring (bicyclic) bond motifs is 1. The first-order chi connectivity index (χ1) is 15.2. The van der Waals surface area contributed by atoms with Crippen molar-refractivity contribution in [2.24, 2.45) is 0 Å². The standard InChI is InChI=1S/C22H29ClN6O2/c23-20-24-21(28-9-7-27(8-10-28)18-5-11-31-12-6-18)26-22(25-20)29-14-17-4-2-1-3-16(17)13-19(29)15-30/h1-4,18-19,30H,5-15H2. The van der Waals surface area contributed by atoms with E-state index in [1.165, 1.54) is 11.1 Å². The quantitative estimate of drug-likeness (QED) is 0.764. The summed E-state index contributed by atoms with van der Waals surface area (Å²) in [5, 5.41) is 10.2. The van der Waals surface area contributed by atoms with E-state index in [0.29, 0.717) is 24.5 Å².